The normalized spacial score (nSPS) is 22.9. The van der Waals surface area contributed by atoms with Crippen LogP contribution < -0.4 is 10.0 Å². The van der Waals surface area contributed by atoms with Gasteiger partial charge < -0.3 is 10.1 Å². The lowest BCUT2D eigenvalue weighted by molar-refractivity contribution is 0.178. The average Bonchev–Trinajstić information content (AvgIpc) is 2.82. The Hall–Kier alpha value is -1.18. The maximum atomic E-state index is 12.3. The van der Waals surface area contributed by atoms with Gasteiger partial charge in [-0.15, -0.1) is 0 Å². The maximum Gasteiger partial charge on any atom is 0.242 e. The van der Waals surface area contributed by atoms with Gasteiger partial charge in [0.1, 0.15) is 10.7 Å². The minimum Gasteiger partial charge on any atom is -0.379 e. The zero-order valence-electron chi connectivity index (χ0n) is 11.8. The third kappa shape index (κ3) is 3.68. The molecule has 2 heterocycles. The molecule has 1 aliphatic rings. The highest BCUT2D eigenvalue weighted by molar-refractivity contribution is 7.89. The summed E-state index contributed by atoms with van der Waals surface area (Å²) < 4.78 is 32.5. The molecule has 0 radical (unpaired) electrons. The number of aromatic nitrogens is 1. The van der Waals surface area contributed by atoms with Gasteiger partial charge >= 0.3 is 0 Å². The number of pyridine rings is 1. The van der Waals surface area contributed by atoms with Crippen molar-refractivity contribution in [3.63, 3.8) is 0 Å². The smallest absolute Gasteiger partial charge is 0.242 e. The molecule has 1 saturated heterocycles. The number of rotatable bonds is 6. The lowest BCUT2D eigenvalue weighted by atomic mass is 10.0. The van der Waals surface area contributed by atoms with Gasteiger partial charge in [-0.1, -0.05) is 6.92 Å². The van der Waals surface area contributed by atoms with E-state index in [9.17, 15) is 8.42 Å². The van der Waals surface area contributed by atoms with Crippen LogP contribution in [0.3, 0.4) is 0 Å². The molecular weight excluding hydrogens is 278 g/mol. The molecule has 0 spiro atoms. The minimum atomic E-state index is -3.56. The van der Waals surface area contributed by atoms with Crippen molar-refractivity contribution in [1.29, 1.82) is 0 Å². The van der Waals surface area contributed by atoms with E-state index in [1.54, 1.807) is 12.1 Å². The Balaban J connectivity index is 2.09. The molecule has 1 aromatic heterocycles. The Morgan fingerprint density at radius 1 is 1.45 bits per heavy atom. The van der Waals surface area contributed by atoms with Crippen molar-refractivity contribution in [2.24, 2.45) is 0 Å². The number of nitrogens with zero attached hydrogens (tertiary/aromatic N) is 1. The molecule has 0 aromatic carbocycles. The van der Waals surface area contributed by atoms with E-state index >= 15 is 0 Å². The summed E-state index contributed by atoms with van der Waals surface area (Å²) in [7, 11) is -3.56. The second-order valence-corrected chi connectivity index (χ2v) is 6.96. The minimum absolute atomic E-state index is 0.174. The van der Waals surface area contributed by atoms with Crippen molar-refractivity contribution in [2.75, 3.05) is 25.1 Å². The Morgan fingerprint density at radius 3 is 2.80 bits per heavy atom. The first-order valence-electron chi connectivity index (χ1n) is 6.77. The molecule has 1 unspecified atom stereocenters. The van der Waals surface area contributed by atoms with Gasteiger partial charge in [-0.3, -0.25) is 0 Å². The van der Waals surface area contributed by atoms with Crippen LogP contribution >= 0.6 is 0 Å². The number of sulfonamides is 1. The Kier molecular flexibility index (Phi) is 4.62. The number of hydrogen-bond acceptors (Lipinski definition) is 5. The fourth-order valence-electron chi connectivity index (χ4n) is 2.03. The predicted octanol–water partition coefficient (Wildman–Crippen LogP) is 1.36. The van der Waals surface area contributed by atoms with E-state index in [1.807, 2.05) is 6.92 Å². The number of anilines is 1. The van der Waals surface area contributed by atoms with E-state index in [0.717, 1.165) is 13.0 Å². The summed E-state index contributed by atoms with van der Waals surface area (Å²) in [6, 6.07) is 3.24. The van der Waals surface area contributed by atoms with Crippen LogP contribution in [0.5, 0.6) is 0 Å². The molecule has 20 heavy (non-hydrogen) atoms. The summed E-state index contributed by atoms with van der Waals surface area (Å²) in [6.07, 6.45) is 3.04. The van der Waals surface area contributed by atoms with E-state index < -0.39 is 15.6 Å². The summed E-state index contributed by atoms with van der Waals surface area (Å²) in [6.45, 7) is 5.70. The van der Waals surface area contributed by atoms with E-state index in [-0.39, 0.29) is 4.90 Å². The summed E-state index contributed by atoms with van der Waals surface area (Å²) in [5, 5.41) is 3.11. The number of ether oxygens (including phenoxy) is 1. The molecule has 0 saturated carbocycles. The van der Waals surface area contributed by atoms with Crippen LogP contribution in [0, 0.1) is 0 Å². The molecule has 112 valence electrons. The molecule has 1 aliphatic heterocycles. The van der Waals surface area contributed by atoms with Gasteiger partial charge in [0, 0.05) is 19.3 Å². The summed E-state index contributed by atoms with van der Waals surface area (Å²) >= 11 is 0. The molecule has 7 heteroatoms. The van der Waals surface area contributed by atoms with Crippen LogP contribution in [-0.2, 0) is 14.8 Å². The maximum absolute atomic E-state index is 12.3. The van der Waals surface area contributed by atoms with Gasteiger partial charge in [0.2, 0.25) is 10.0 Å². The molecular formula is C13H21N3O3S. The molecule has 2 rings (SSSR count). The van der Waals surface area contributed by atoms with Gasteiger partial charge in [-0.25, -0.2) is 18.1 Å². The van der Waals surface area contributed by atoms with Gasteiger partial charge in [-0.2, -0.15) is 0 Å². The van der Waals surface area contributed by atoms with Crippen molar-refractivity contribution in [1.82, 2.24) is 9.71 Å². The van der Waals surface area contributed by atoms with Crippen LogP contribution in [0.1, 0.15) is 26.7 Å². The third-order valence-corrected chi connectivity index (χ3v) is 4.83. The highest BCUT2D eigenvalue weighted by Crippen LogP contribution is 2.21. The van der Waals surface area contributed by atoms with Crippen molar-refractivity contribution in [3.05, 3.63) is 18.3 Å². The van der Waals surface area contributed by atoms with Crippen LogP contribution in [0.15, 0.2) is 23.2 Å². The van der Waals surface area contributed by atoms with Crippen molar-refractivity contribution < 1.29 is 13.2 Å². The highest BCUT2D eigenvalue weighted by Gasteiger charge is 2.34. The van der Waals surface area contributed by atoms with Crippen LogP contribution in [0.4, 0.5) is 5.82 Å². The topological polar surface area (TPSA) is 80.3 Å². The van der Waals surface area contributed by atoms with Gasteiger partial charge in [-0.05, 0) is 31.9 Å². The summed E-state index contributed by atoms with van der Waals surface area (Å²) in [5.74, 6) is 0.682. The summed E-state index contributed by atoms with van der Waals surface area (Å²) in [5.41, 5.74) is -0.530. The zero-order valence-corrected chi connectivity index (χ0v) is 12.7. The van der Waals surface area contributed by atoms with E-state index in [1.165, 1.54) is 6.20 Å². The lowest BCUT2D eigenvalue weighted by Gasteiger charge is -2.23. The lowest BCUT2D eigenvalue weighted by Crippen LogP contribution is -2.46. The van der Waals surface area contributed by atoms with Gasteiger partial charge in [0.25, 0.3) is 0 Å². The first-order chi connectivity index (χ1) is 9.45. The molecule has 1 fully saturated rings. The van der Waals surface area contributed by atoms with Crippen molar-refractivity contribution in [3.8, 4) is 0 Å². The van der Waals surface area contributed by atoms with Crippen molar-refractivity contribution in [2.45, 2.75) is 37.1 Å². The molecule has 0 amide bonds. The van der Waals surface area contributed by atoms with Crippen molar-refractivity contribution >= 4 is 15.8 Å². The zero-order chi connectivity index (χ0) is 14.6. The Labute approximate surface area is 120 Å². The van der Waals surface area contributed by atoms with Gasteiger partial charge in [0.15, 0.2) is 0 Å². The van der Waals surface area contributed by atoms with E-state index in [4.69, 9.17) is 4.74 Å². The second kappa shape index (κ2) is 6.07. The number of nitrogens with one attached hydrogen (secondary N) is 2. The Bertz CT molecular complexity index is 536. The first-order valence-corrected chi connectivity index (χ1v) is 8.25. The van der Waals surface area contributed by atoms with Crippen LogP contribution in [-0.4, -0.2) is 38.7 Å². The standard InChI is InChI=1S/C13H21N3O3S/c1-3-7-14-12-5-4-11(9-15-12)20(17,18)16-13(2)6-8-19-10-13/h4-5,9,16H,3,6-8,10H2,1-2H3,(H,14,15). The Morgan fingerprint density at radius 2 is 2.25 bits per heavy atom. The second-order valence-electron chi connectivity index (χ2n) is 5.27. The molecule has 1 aromatic rings. The monoisotopic (exact) mass is 299 g/mol. The molecule has 0 aliphatic carbocycles. The third-order valence-electron chi connectivity index (χ3n) is 3.20. The number of hydrogen-bond donors (Lipinski definition) is 2. The molecule has 0 bridgehead atoms. The highest BCUT2D eigenvalue weighted by atomic mass is 32.2. The van der Waals surface area contributed by atoms with Crippen LogP contribution in [0.2, 0.25) is 0 Å². The SMILES string of the molecule is CCCNc1ccc(S(=O)(=O)NC2(C)CCOC2)cn1. The van der Waals surface area contributed by atoms with E-state index in [2.05, 4.69) is 21.9 Å². The predicted molar refractivity (Wildman–Crippen MR) is 77.2 cm³/mol. The van der Waals surface area contributed by atoms with Gasteiger partial charge in [0.05, 0.1) is 12.1 Å². The first kappa shape index (κ1) is 15.2. The fourth-order valence-corrected chi connectivity index (χ4v) is 3.39. The molecule has 6 nitrogen and oxygen atoms in total. The molecule has 2 N–H and O–H groups in total. The fraction of sp³-hybridized carbons (Fsp3) is 0.615. The summed E-state index contributed by atoms with van der Waals surface area (Å²) in [4.78, 5) is 4.29. The average molecular weight is 299 g/mol. The molecule has 1 atom stereocenters. The van der Waals surface area contributed by atoms with Crippen LogP contribution in [0.25, 0.3) is 0 Å². The quantitative estimate of drug-likeness (QED) is 0.829. The van der Waals surface area contributed by atoms with E-state index in [0.29, 0.717) is 25.5 Å². The largest absolute Gasteiger partial charge is 0.379 e.